The van der Waals surface area contributed by atoms with Crippen molar-refractivity contribution >= 4 is 23.6 Å². The highest BCUT2D eigenvalue weighted by Crippen LogP contribution is 2.19. The van der Waals surface area contributed by atoms with E-state index in [2.05, 4.69) is 20.9 Å². The molecule has 2 aromatic carbocycles. The van der Waals surface area contributed by atoms with E-state index in [-0.39, 0.29) is 23.7 Å². The highest BCUT2D eigenvalue weighted by atomic mass is 32.2. The summed E-state index contributed by atoms with van der Waals surface area (Å²) in [5, 5.41) is 13.4. The van der Waals surface area contributed by atoms with Crippen molar-refractivity contribution in [3.63, 3.8) is 0 Å². The van der Waals surface area contributed by atoms with E-state index in [0.29, 0.717) is 29.2 Å². The molecular formula is C21H21F2N5O2S. The summed E-state index contributed by atoms with van der Waals surface area (Å²) in [6, 6.07) is 9.95. The molecule has 0 aliphatic carbocycles. The smallest absolute Gasteiger partial charge is 0.274 e. The van der Waals surface area contributed by atoms with Crippen LogP contribution in [0.4, 0.5) is 8.78 Å². The summed E-state index contributed by atoms with van der Waals surface area (Å²) in [6.07, 6.45) is 1.88. The molecular weight excluding hydrogens is 424 g/mol. The number of halogens is 2. The van der Waals surface area contributed by atoms with Gasteiger partial charge in [-0.3, -0.25) is 9.59 Å². The van der Waals surface area contributed by atoms with E-state index in [1.807, 2.05) is 13.2 Å². The fourth-order valence-corrected chi connectivity index (χ4v) is 3.42. The Hall–Kier alpha value is -3.27. The average molecular weight is 445 g/mol. The van der Waals surface area contributed by atoms with E-state index < -0.39 is 17.5 Å². The van der Waals surface area contributed by atoms with Gasteiger partial charge in [-0.25, -0.2) is 13.5 Å². The molecule has 3 rings (SSSR count). The first kappa shape index (κ1) is 22.4. The number of thioether (sulfide) groups is 1. The lowest BCUT2D eigenvalue weighted by Crippen LogP contribution is -2.25. The average Bonchev–Trinajstić information content (AvgIpc) is 3.17. The Kier molecular flexibility index (Phi) is 7.35. The van der Waals surface area contributed by atoms with Crippen molar-refractivity contribution in [2.75, 3.05) is 12.8 Å². The van der Waals surface area contributed by atoms with Crippen LogP contribution in [0, 0.1) is 11.6 Å². The monoisotopic (exact) mass is 445 g/mol. The molecule has 0 atom stereocenters. The zero-order chi connectivity index (χ0) is 22.4. The molecule has 7 nitrogen and oxygen atoms in total. The number of rotatable bonds is 8. The van der Waals surface area contributed by atoms with E-state index in [9.17, 15) is 18.4 Å². The second kappa shape index (κ2) is 10.2. The summed E-state index contributed by atoms with van der Waals surface area (Å²) in [5.41, 5.74) is 2.00. The van der Waals surface area contributed by atoms with Gasteiger partial charge in [-0.05, 0) is 43.5 Å². The van der Waals surface area contributed by atoms with Gasteiger partial charge in [-0.15, -0.1) is 5.10 Å². The maximum Gasteiger partial charge on any atom is 0.274 e. The van der Waals surface area contributed by atoms with Crippen molar-refractivity contribution in [1.82, 2.24) is 25.6 Å². The Morgan fingerprint density at radius 3 is 2.45 bits per heavy atom. The van der Waals surface area contributed by atoms with E-state index >= 15 is 0 Å². The molecule has 0 aliphatic heterocycles. The van der Waals surface area contributed by atoms with Crippen molar-refractivity contribution < 1.29 is 18.4 Å². The van der Waals surface area contributed by atoms with Gasteiger partial charge < -0.3 is 10.6 Å². The topological polar surface area (TPSA) is 88.9 Å². The van der Waals surface area contributed by atoms with E-state index in [0.717, 1.165) is 12.1 Å². The molecule has 0 fully saturated rings. The summed E-state index contributed by atoms with van der Waals surface area (Å²) in [5.74, 6) is -1.65. The van der Waals surface area contributed by atoms with Crippen LogP contribution in [-0.4, -0.2) is 39.6 Å². The highest BCUT2D eigenvalue weighted by Gasteiger charge is 2.21. The third-order valence-corrected chi connectivity index (χ3v) is 4.99. The quantitative estimate of drug-likeness (QED) is 0.556. The van der Waals surface area contributed by atoms with Gasteiger partial charge in [0.15, 0.2) is 5.69 Å². The minimum atomic E-state index is -0.736. The lowest BCUT2D eigenvalue weighted by molar-refractivity contribution is 0.0940. The number of carbonyl (C=O) groups excluding carboxylic acids is 2. The molecule has 1 aromatic heterocycles. The fraction of sp³-hybridized carbons (Fsp3) is 0.238. The first-order valence-corrected chi connectivity index (χ1v) is 10.9. The molecule has 2 amide bonds. The maximum absolute atomic E-state index is 13.8. The second-order valence-electron chi connectivity index (χ2n) is 6.55. The Morgan fingerprint density at radius 2 is 1.81 bits per heavy atom. The number of hydrogen-bond donors (Lipinski definition) is 2. The molecule has 31 heavy (non-hydrogen) atoms. The van der Waals surface area contributed by atoms with Gasteiger partial charge in [0.2, 0.25) is 0 Å². The Labute approximate surface area is 182 Å². The molecule has 0 bridgehead atoms. The largest absolute Gasteiger partial charge is 0.352 e. The molecule has 162 valence electrons. The number of amides is 2. The number of benzene rings is 2. The Morgan fingerprint density at radius 1 is 1.06 bits per heavy atom. The molecule has 2 N–H and O–H groups in total. The van der Waals surface area contributed by atoms with Crippen molar-refractivity contribution in [2.45, 2.75) is 19.2 Å². The number of aromatic nitrogens is 3. The molecule has 0 aliphatic rings. The van der Waals surface area contributed by atoms with Crippen molar-refractivity contribution in [2.24, 2.45) is 0 Å². The molecule has 0 saturated heterocycles. The number of hydrogen-bond acceptors (Lipinski definition) is 5. The predicted molar refractivity (Wildman–Crippen MR) is 114 cm³/mol. The molecule has 1 heterocycles. The third kappa shape index (κ3) is 5.26. The predicted octanol–water partition coefficient (Wildman–Crippen LogP) is 3.09. The first-order chi connectivity index (χ1) is 14.9. The van der Waals surface area contributed by atoms with Gasteiger partial charge in [0, 0.05) is 36.0 Å². The maximum atomic E-state index is 13.8. The van der Waals surface area contributed by atoms with Crippen LogP contribution >= 0.6 is 11.8 Å². The van der Waals surface area contributed by atoms with Crippen LogP contribution in [0.3, 0.4) is 0 Å². The van der Waals surface area contributed by atoms with E-state index in [1.165, 1.54) is 22.5 Å². The first-order valence-electron chi connectivity index (χ1n) is 9.48. The Bertz CT molecular complexity index is 1090. The number of carbonyl (C=O) groups is 2. The minimum Gasteiger partial charge on any atom is -0.352 e. The zero-order valence-electron chi connectivity index (χ0n) is 17.0. The van der Waals surface area contributed by atoms with Crippen molar-refractivity contribution in [3.8, 4) is 5.69 Å². The standard InChI is InChI=1S/C21H21F2N5O2S/c1-3-24-20(29)13-5-8-16(9-6-13)28-18(12-31-2)19(26-27-28)21(30)25-11-14-4-7-15(22)10-17(14)23/h4-10H,3,11-12H2,1-2H3,(H,24,29)(H,25,30). The van der Waals surface area contributed by atoms with Crippen LogP contribution in [0.2, 0.25) is 0 Å². The lowest BCUT2D eigenvalue weighted by atomic mass is 10.2. The molecule has 0 radical (unpaired) electrons. The van der Waals surface area contributed by atoms with Gasteiger partial charge in [-0.1, -0.05) is 11.3 Å². The van der Waals surface area contributed by atoms with E-state index in [4.69, 9.17) is 0 Å². The van der Waals surface area contributed by atoms with Gasteiger partial charge in [0.1, 0.15) is 11.6 Å². The molecule has 3 aromatic rings. The van der Waals surface area contributed by atoms with Crippen LogP contribution in [0.25, 0.3) is 5.69 Å². The molecule has 0 saturated carbocycles. The second-order valence-corrected chi connectivity index (χ2v) is 7.42. The fourth-order valence-electron chi connectivity index (χ4n) is 2.89. The summed E-state index contributed by atoms with van der Waals surface area (Å²) in [7, 11) is 0. The minimum absolute atomic E-state index is 0.113. The van der Waals surface area contributed by atoms with Crippen molar-refractivity contribution in [3.05, 3.63) is 76.6 Å². The van der Waals surface area contributed by atoms with Crippen LogP contribution in [0.15, 0.2) is 42.5 Å². The normalized spacial score (nSPS) is 10.7. The van der Waals surface area contributed by atoms with Gasteiger partial charge in [0.25, 0.3) is 11.8 Å². The lowest BCUT2D eigenvalue weighted by Gasteiger charge is -2.09. The Balaban J connectivity index is 1.81. The summed E-state index contributed by atoms with van der Waals surface area (Å²) >= 11 is 1.49. The van der Waals surface area contributed by atoms with Crippen LogP contribution in [0.5, 0.6) is 0 Å². The van der Waals surface area contributed by atoms with Crippen LogP contribution in [-0.2, 0) is 12.3 Å². The van der Waals surface area contributed by atoms with Gasteiger partial charge in [0.05, 0.1) is 11.4 Å². The number of nitrogens with zero attached hydrogens (tertiary/aromatic N) is 3. The number of nitrogens with one attached hydrogen (secondary N) is 2. The van der Waals surface area contributed by atoms with Gasteiger partial charge >= 0.3 is 0 Å². The van der Waals surface area contributed by atoms with Gasteiger partial charge in [-0.2, -0.15) is 11.8 Å². The third-order valence-electron chi connectivity index (χ3n) is 4.43. The molecule has 0 unspecified atom stereocenters. The molecule has 10 heteroatoms. The van der Waals surface area contributed by atoms with E-state index in [1.54, 1.807) is 24.3 Å². The summed E-state index contributed by atoms with van der Waals surface area (Å²) < 4.78 is 28.4. The SMILES string of the molecule is CCNC(=O)c1ccc(-n2nnc(C(=O)NCc3ccc(F)cc3F)c2CSC)cc1. The molecule has 0 spiro atoms. The highest BCUT2D eigenvalue weighted by molar-refractivity contribution is 7.97. The zero-order valence-corrected chi connectivity index (χ0v) is 17.8. The summed E-state index contributed by atoms with van der Waals surface area (Å²) in [4.78, 5) is 24.6. The van der Waals surface area contributed by atoms with Crippen LogP contribution < -0.4 is 10.6 Å². The van der Waals surface area contributed by atoms with Crippen LogP contribution in [0.1, 0.15) is 39.0 Å². The summed E-state index contributed by atoms with van der Waals surface area (Å²) in [6.45, 7) is 2.26. The van der Waals surface area contributed by atoms with Crippen molar-refractivity contribution in [1.29, 1.82) is 0 Å².